The molecule has 0 fully saturated rings. The Labute approximate surface area is 71.0 Å². The predicted molar refractivity (Wildman–Crippen MR) is 45.7 cm³/mol. The van der Waals surface area contributed by atoms with E-state index in [0.717, 1.165) is 25.2 Å². The zero-order valence-corrected chi connectivity index (χ0v) is 6.89. The quantitative estimate of drug-likeness (QED) is 0.479. The summed E-state index contributed by atoms with van der Waals surface area (Å²) in [5.74, 6) is 0. The number of H-pyrrole nitrogens is 1. The van der Waals surface area contributed by atoms with E-state index < -0.39 is 0 Å². The Morgan fingerprint density at radius 2 is 2.33 bits per heavy atom. The van der Waals surface area contributed by atoms with Crippen molar-refractivity contribution in [2.75, 3.05) is 6.54 Å². The zero-order chi connectivity index (χ0) is 8.55. The summed E-state index contributed by atoms with van der Waals surface area (Å²) in [5, 5.41) is 0. The van der Waals surface area contributed by atoms with Gasteiger partial charge in [0.1, 0.15) is 0 Å². The lowest BCUT2D eigenvalue weighted by molar-refractivity contribution is -0.870. The maximum absolute atomic E-state index is 10.9. The normalized spacial score (nSPS) is 21.9. The molecule has 2 rings (SSSR count). The van der Waals surface area contributed by atoms with Crippen LogP contribution in [0.2, 0.25) is 0 Å². The van der Waals surface area contributed by atoms with Gasteiger partial charge in [-0.3, -0.25) is 4.79 Å². The van der Waals surface area contributed by atoms with Crippen LogP contribution in [0.3, 0.4) is 0 Å². The van der Waals surface area contributed by atoms with Gasteiger partial charge in [0, 0.05) is 23.7 Å². The molecule has 0 saturated carbocycles. The Morgan fingerprint density at radius 1 is 1.50 bits per heavy atom. The molecule has 3 heteroatoms. The number of hydrogen-bond donors (Lipinski definition) is 2. The lowest BCUT2D eigenvalue weighted by Gasteiger charge is -2.26. The molecule has 3 nitrogen and oxygen atoms in total. The minimum absolute atomic E-state index is 0.00117. The van der Waals surface area contributed by atoms with Crippen LogP contribution >= 0.6 is 0 Å². The minimum atomic E-state index is 0.00117. The lowest BCUT2D eigenvalue weighted by Crippen LogP contribution is -3.06. The topological polar surface area (TPSA) is 37.3 Å². The molecule has 2 N–H and O–H groups in total. The van der Waals surface area contributed by atoms with Crippen LogP contribution in [-0.4, -0.2) is 11.5 Å². The van der Waals surface area contributed by atoms with E-state index in [4.69, 9.17) is 0 Å². The molecule has 1 aliphatic heterocycles. The highest BCUT2D eigenvalue weighted by molar-refractivity contribution is 5.19. The number of aromatic amines is 1. The van der Waals surface area contributed by atoms with E-state index in [-0.39, 0.29) is 5.56 Å². The Morgan fingerprint density at radius 3 is 3.17 bits per heavy atom. The average Bonchev–Trinajstić information content (AvgIpc) is 2.05. The van der Waals surface area contributed by atoms with Crippen LogP contribution in [0.25, 0.3) is 0 Å². The molecule has 1 atom stereocenters. The van der Waals surface area contributed by atoms with Gasteiger partial charge in [0.25, 0.3) is 0 Å². The number of hydrogen-bond acceptors (Lipinski definition) is 1. The molecule has 2 heterocycles. The SMILES string of the molecule is [CH2-][NH+]1CCc2[nH]c(=O)ccc2C1. The Hall–Kier alpha value is -1.09. The molecule has 1 aromatic heterocycles. The first kappa shape index (κ1) is 7.55. The fourth-order valence-electron chi connectivity index (χ4n) is 1.60. The molecule has 0 saturated heterocycles. The van der Waals surface area contributed by atoms with E-state index in [0.29, 0.717) is 0 Å². The van der Waals surface area contributed by atoms with Crippen molar-refractivity contribution < 1.29 is 4.90 Å². The van der Waals surface area contributed by atoms with Gasteiger partial charge in [-0.1, -0.05) is 0 Å². The van der Waals surface area contributed by atoms with Crippen molar-refractivity contribution in [3.05, 3.63) is 40.8 Å². The van der Waals surface area contributed by atoms with E-state index in [1.807, 2.05) is 6.07 Å². The summed E-state index contributed by atoms with van der Waals surface area (Å²) in [4.78, 5) is 15.1. The zero-order valence-electron chi connectivity index (χ0n) is 6.89. The molecule has 64 valence electrons. The number of pyridine rings is 1. The number of nitrogens with one attached hydrogen (secondary N) is 2. The summed E-state index contributed by atoms with van der Waals surface area (Å²) >= 11 is 0. The average molecular weight is 164 g/mol. The number of fused-ring (bicyclic) bond motifs is 1. The molecule has 1 unspecified atom stereocenters. The third kappa shape index (κ3) is 1.28. The second-order valence-electron chi connectivity index (χ2n) is 3.25. The second kappa shape index (κ2) is 2.75. The molecule has 1 aromatic rings. The summed E-state index contributed by atoms with van der Waals surface area (Å²) in [6.07, 6.45) is 0.935. The second-order valence-corrected chi connectivity index (χ2v) is 3.25. The van der Waals surface area contributed by atoms with Gasteiger partial charge in [-0.15, -0.1) is 0 Å². The van der Waals surface area contributed by atoms with Gasteiger partial charge in [0.15, 0.2) is 0 Å². The smallest absolute Gasteiger partial charge is 0.248 e. The molecular weight excluding hydrogens is 152 g/mol. The van der Waals surface area contributed by atoms with Gasteiger partial charge >= 0.3 is 0 Å². The molecule has 0 amide bonds. The highest BCUT2D eigenvalue weighted by Crippen LogP contribution is 2.04. The van der Waals surface area contributed by atoms with E-state index in [2.05, 4.69) is 12.0 Å². The van der Waals surface area contributed by atoms with E-state index >= 15 is 0 Å². The number of aromatic nitrogens is 1. The third-order valence-corrected chi connectivity index (χ3v) is 2.27. The van der Waals surface area contributed by atoms with Gasteiger partial charge in [0.2, 0.25) is 5.56 Å². The predicted octanol–water partition coefficient (Wildman–Crippen LogP) is -0.893. The molecule has 0 spiro atoms. The summed E-state index contributed by atoms with van der Waals surface area (Å²) in [5.41, 5.74) is 2.32. The van der Waals surface area contributed by atoms with Crippen molar-refractivity contribution in [1.29, 1.82) is 0 Å². The maximum atomic E-state index is 10.9. The molecule has 0 aromatic carbocycles. The first-order valence-electron chi connectivity index (χ1n) is 4.13. The largest absolute Gasteiger partial charge is 0.464 e. The third-order valence-electron chi connectivity index (χ3n) is 2.27. The molecule has 12 heavy (non-hydrogen) atoms. The van der Waals surface area contributed by atoms with E-state index in [1.165, 1.54) is 10.5 Å². The Kier molecular flexibility index (Phi) is 1.73. The van der Waals surface area contributed by atoms with Crippen LogP contribution in [0, 0.1) is 7.05 Å². The van der Waals surface area contributed by atoms with E-state index in [9.17, 15) is 4.79 Å². The van der Waals surface area contributed by atoms with Crippen molar-refractivity contribution in [3.63, 3.8) is 0 Å². The Balaban J connectivity index is 2.43. The highest BCUT2D eigenvalue weighted by atomic mass is 16.1. The first-order valence-corrected chi connectivity index (χ1v) is 4.13. The van der Waals surface area contributed by atoms with Crippen LogP contribution in [0.4, 0.5) is 0 Å². The van der Waals surface area contributed by atoms with Crippen molar-refractivity contribution in [2.45, 2.75) is 13.0 Å². The maximum Gasteiger partial charge on any atom is 0.248 e. The van der Waals surface area contributed by atoms with Gasteiger partial charge in [-0.2, -0.15) is 7.05 Å². The van der Waals surface area contributed by atoms with Crippen LogP contribution in [0.5, 0.6) is 0 Å². The van der Waals surface area contributed by atoms with Gasteiger partial charge < -0.3 is 9.88 Å². The Bertz CT molecular complexity index is 343. The monoisotopic (exact) mass is 164 g/mol. The first-order chi connectivity index (χ1) is 5.75. The van der Waals surface area contributed by atoms with Gasteiger partial charge in [-0.05, 0) is 6.07 Å². The van der Waals surface area contributed by atoms with Crippen molar-refractivity contribution in [1.82, 2.24) is 4.98 Å². The molecule has 0 aliphatic carbocycles. The minimum Gasteiger partial charge on any atom is -0.464 e. The number of quaternary nitrogens is 1. The molecule has 1 aliphatic rings. The summed E-state index contributed by atoms with van der Waals surface area (Å²) in [6, 6.07) is 3.48. The van der Waals surface area contributed by atoms with Crippen LogP contribution in [0.1, 0.15) is 11.3 Å². The van der Waals surface area contributed by atoms with Crippen molar-refractivity contribution in [3.8, 4) is 0 Å². The molecule has 0 bridgehead atoms. The fourth-order valence-corrected chi connectivity index (χ4v) is 1.60. The summed E-state index contributed by atoms with van der Waals surface area (Å²) < 4.78 is 0. The summed E-state index contributed by atoms with van der Waals surface area (Å²) in [6.45, 7) is 1.93. The molecule has 0 radical (unpaired) electrons. The summed E-state index contributed by atoms with van der Waals surface area (Å²) in [7, 11) is 3.94. The van der Waals surface area contributed by atoms with Gasteiger partial charge in [0.05, 0.1) is 13.1 Å². The van der Waals surface area contributed by atoms with Crippen LogP contribution in [0.15, 0.2) is 16.9 Å². The van der Waals surface area contributed by atoms with E-state index in [1.54, 1.807) is 6.07 Å². The highest BCUT2D eigenvalue weighted by Gasteiger charge is 2.12. The lowest BCUT2D eigenvalue weighted by atomic mass is 10.1. The molecular formula is C9H12N2O. The standard InChI is InChI=1S/C9H12N2O/c1-11-5-4-8-7(6-11)2-3-9(12)10-8/h2-3,11H,1,4-6H2,(H,10,12). The van der Waals surface area contributed by atoms with Crippen molar-refractivity contribution >= 4 is 0 Å². The number of rotatable bonds is 0. The van der Waals surface area contributed by atoms with Crippen LogP contribution in [-0.2, 0) is 13.0 Å². The van der Waals surface area contributed by atoms with Crippen molar-refractivity contribution in [2.24, 2.45) is 0 Å². The fraction of sp³-hybridized carbons (Fsp3) is 0.333. The van der Waals surface area contributed by atoms with Crippen LogP contribution < -0.4 is 10.5 Å². The van der Waals surface area contributed by atoms with Gasteiger partial charge in [-0.25, -0.2) is 0 Å².